The molecule has 0 N–H and O–H groups in total. The zero-order valence-corrected chi connectivity index (χ0v) is 12.0. The first kappa shape index (κ1) is 14.5. The van der Waals surface area contributed by atoms with Crippen LogP contribution in [-0.4, -0.2) is 19.1 Å². The first-order valence-corrected chi connectivity index (χ1v) is 6.09. The van der Waals surface area contributed by atoms with E-state index in [4.69, 9.17) is 9.47 Å². The minimum atomic E-state index is -0.395. The van der Waals surface area contributed by atoms with Gasteiger partial charge in [0.2, 0.25) is 5.70 Å². The molecule has 0 amide bonds. The molecule has 6 heteroatoms. The Labute approximate surface area is 114 Å². The molecule has 18 heavy (non-hydrogen) atoms. The van der Waals surface area contributed by atoms with Crippen molar-refractivity contribution in [1.29, 1.82) is 0 Å². The third-order valence-electron chi connectivity index (χ3n) is 2.42. The van der Waals surface area contributed by atoms with Crippen molar-refractivity contribution in [3.05, 3.63) is 38.0 Å². The SMILES string of the molecule is CCC(=Cc1cc(OC)c(Br)cc1OC)[N+](=O)[O-]. The van der Waals surface area contributed by atoms with Crippen molar-refractivity contribution < 1.29 is 14.4 Å². The summed E-state index contributed by atoms with van der Waals surface area (Å²) in [5, 5.41) is 10.8. The predicted molar refractivity (Wildman–Crippen MR) is 72.5 cm³/mol. The lowest BCUT2D eigenvalue weighted by molar-refractivity contribution is -0.425. The molecule has 0 aromatic heterocycles. The van der Waals surface area contributed by atoms with Crippen molar-refractivity contribution in [2.75, 3.05) is 14.2 Å². The van der Waals surface area contributed by atoms with E-state index in [1.165, 1.54) is 20.3 Å². The van der Waals surface area contributed by atoms with Crippen LogP contribution in [0.2, 0.25) is 0 Å². The number of hydrogen-bond donors (Lipinski definition) is 0. The van der Waals surface area contributed by atoms with Crippen LogP contribution in [0.1, 0.15) is 18.9 Å². The minimum Gasteiger partial charge on any atom is -0.496 e. The second kappa shape index (κ2) is 6.39. The predicted octanol–water partition coefficient (Wildman–Crippen LogP) is 3.49. The summed E-state index contributed by atoms with van der Waals surface area (Å²) in [6, 6.07) is 3.42. The first-order valence-electron chi connectivity index (χ1n) is 5.30. The van der Waals surface area contributed by atoms with Gasteiger partial charge in [0, 0.05) is 18.1 Å². The normalized spacial score (nSPS) is 11.2. The maximum Gasteiger partial charge on any atom is 0.246 e. The highest BCUT2D eigenvalue weighted by atomic mass is 79.9. The average Bonchev–Trinajstić information content (AvgIpc) is 2.36. The molecule has 0 aliphatic carbocycles. The number of nitro groups is 1. The number of hydrogen-bond acceptors (Lipinski definition) is 4. The fraction of sp³-hybridized carbons (Fsp3) is 0.333. The lowest BCUT2D eigenvalue weighted by Gasteiger charge is -2.09. The Morgan fingerprint density at radius 3 is 2.44 bits per heavy atom. The third-order valence-corrected chi connectivity index (χ3v) is 3.04. The molecule has 5 nitrogen and oxygen atoms in total. The number of methoxy groups -OCH3 is 2. The van der Waals surface area contributed by atoms with E-state index in [-0.39, 0.29) is 5.70 Å². The maximum absolute atomic E-state index is 10.8. The molecule has 0 saturated carbocycles. The smallest absolute Gasteiger partial charge is 0.246 e. The van der Waals surface area contributed by atoms with Crippen LogP contribution in [0.25, 0.3) is 6.08 Å². The molecule has 0 saturated heterocycles. The van der Waals surface area contributed by atoms with Gasteiger partial charge in [-0.3, -0.25) is 10.1 Å². The topological polar surface area (TPSA) is 61.6 Å². The molecule has 0 fully saturated rings. The molecular formula is C12H14BrNO4. The number of rotatable bonds is 5. The number of halogens is 1. The van der Waals surface area contributed by atoms with Gasteiger partial charge >= 0.3 is 0 Å². The van der Waals surface area contributed by atoms with E-state index >= 15 is 0 Å². The van der Waals surface area contributed by atoms with Crippen LogP contribution < -0.4 is 9.47 Å². The van der Waals surface area contributed by atoms with Crippen molar-refractivity contribution in [2.45, 2.75) is 13.3 Å². The van der Waals surface area contributed by atoms with Gasteiger partial charge in [-0.15, -0.1) is 0 Å². The lowest BCUT2D eigenvalue weighted by Crippen LogP contribution is -1.98. The molecule has 0 aliphatic rings. The van der Waals surface area contributed by atoms with Gasteiger partial charge in [-0.25, -0.2) is 0 Å². The Morgan fingerprint density at radius 1 is 1.39 bits per heavy atom. The molecule has 0 unspecified atom stereocenters. The van der Waals surface area contributed by atoms with E-state index in [1.54, 1.807) is 19.1 Å². The Kier molecular flexibility index (Phi) is 5.15. The summed E-state index contributed by atoms with van der Waals surface area (Å²) < 4.78 is 11.1. The van der Waals surface area contributed by atoms with Gasteiger partial charge < -0.3 is 9.47 Å². The van der Waals surface area contributed by atoms with Crippen LogP contribution >= 0.6 is 15.9 Å². The highest BCUT2D eigenvalue weighted by Crippen LogP contribution is 2.34. The number of nitrogens with zero attached hydrogens (tertiary/aromatic N) is 1. The second-order valence-electron chi connectivity index (χ2n) is 3.48. The van der Waals surface area contributed by atoms with Crippen LogP contribution in [0.4, 0.5) is 0 Å². The van der Waals surface area contributed by atoms with Crippen molar-refractivity contribution in [1.82, 2.24) is 0 Å². The summed E-state index contributed by atoms with van der Waals surface area (Å²) >= 11 is 3.33. The van der Waals surface area contributed by atoms with E-state index in [0.29, 0.717) is 23.5 Å². The molecule has 1 aromatic carbocycles. The van der Waals surface area contributed by atoms with Crippen LogP contribution in [-0.2, 0) is 0 Å². The molecular weight excluding hydrogens is 302 g/mol. The van der Waals surface area contributed by atoms with E-state index in [9.17, 15) is 10.1 Å². The highest BCUT2D eigenvalue weighted by molar-refractivity contribution is 9.10. The zero-order valence-electron chi connectivity index (χ0n) is 10.4. The van der Waals surface area contributed by atoms with Crippen LogP contribution in [0.5, 0.6) is 11.5 Å². The van der Waals surface area contributed by atoms with Crippen molar-refractivity contribution in [3.8, 4) is 11.5 Å². The Hall–Kier alpha value is -1.56. The van der Waals surface area contributed by atoms with Crippen molar-refractivity contribution >= 4 is 22.0 Å². The van der Waals surface area contributed by atoms with Crippen molar-refractivity contribution in [3.63, 3.8) is 0 Å². The molecule has 0 spiro atoms. The van der Waals surface area contributed by atoms with Gasteiger partial charge in [-0.1, -0.05) is 6.92 Å². The zero-order chi connectivity index (χ0) is 13.7. The quantitative estimate of drug-likeness (QED) is 0.616. The molecule has 0 radical (unpaired) electrons. The Morgan fingerprint density at radius 2 is 2.00 bits per heavy atom. The molecule has 1 rings (SSSR count). The van der Waals surface area contributed by atoms with Gasteiger partial charge in [0.05, 0.1) is 23.6 Å². The number of allylic oxidation sites excluding steroid dienone is 1. The monoisotopic (exact) mass is 315 g/mol. The maximum atomic E-state index is 10.8. The first-order chi connectivity index (χ1) is 8.53. The van der Waals surface area contributed by atoms with E-state index < -0.39 is 4.92 Å². The molecule has 1 aromatic rings. The Balaban J connectivity index is 3.33. The molecule has 98 valence electrons. The fourth-order valence-corrected chi connectivity index (χ4v) is 1.94. The standard InChI is InChI=1S/C12H14BrNO4/c1-4-9(14(15)16)5-8-6-12(18-3)10(13)7-11(8)17-2/h5-7H,4H2,1-3H3. The minimum absolute atomic E-state index is 0.123. The molecule has 0 heterocycles. The number of ether oxygens (including phenoxy) is 2. The van der Waals surface area contributed by atoms with Crippen molar-refractivity contribution in [2.24, 2.45) is 0 Å². The Bertz CT molecular complexity index is 485. The third kappa shape index (κ3) is 3.22. The summed E-state index contributed by atoms with van der Waals surface area (Å²) in [6.45, 7) is 1.73. The van der Waals surface area contributed by atoms with Crippen LogP contribution in [0.15, 0.2) is 22.3 Å². The summed E-state index contributed by atoms with van der Waals surface area (Å²) in [4.78, 5) is 10.4. The second-order valence-corrected chi connectivity index (χ2v) is 4.33. The summed E-state index contributed by atoms with van der Waals surface area (Å²) in [7, 11) is 3.05. The lowest BCUT2D eigenvalue weighted by atomic mass is 10.1. The fourth-order valence-electron chi connectivity index (χ4n) is 1.46. The molecule has 0 bridgehead atoms. The highest BCUT2D eigenvalue weighted by Gasteiger charge is 2.13. The van der Waals surface area contributed by atoms with Crippen LogP contribution in [0, 0.1) is 10.1 Å². The summed E-state index contributed by atoms with van der Waals surface area (Å²) in [6.07, 6.45) is 1.84. The van der Waals surface area contributed by atoms with Gasteiger partial charge in [0.15, 0.2) is 0 Å². The van der Waals surface area contributed by atoms with Gasteiger partial charge in [0.1, 0.15) is 11.5 Å². The van der Waals surface area contributed by atoms with Gasteiger partial charge in [-0.2, -0.15) is 0 Å². The molecule has 0 aliphatic heterocycles. The van der Waals surface area contributed by atoms with E-state index in [1.807, 2.05) is 0 Å². The van der Waals surface area contributed by atoms with Gasteiger partial charge in [-0.05, 0) is 28.1 Å². The summed E-state index contributed by atoms with van der Waals surface area (Å²) in [5.41, 5.74) is 0.740. The average molecular weight is 316 g/mol. The van der Waals surface area contributed by atoms with Crippen LogP contribution in [0.3, 0.4) is 0 Å². The molecule has 0 atom stereocenters. The van der Waals surface area contributed by atoms with E-state index in [0.717, 1.165) is 4.47 Å². The number of benzene rings is 1. The van der Waals surface area contributed by atoms with Gasteiger partial charge in [0.25, 0.3) is 0 Å². The largest absolute Gasteiger partial charge is 0.496 e. The van der Waals surface area contributed by atoms with E-state index in [2.05, 4.69) is 15.9 Å². The summed E-state index contributed by atoms with van der Waals surface area (Å²) in [5.74, 6) is 1.15.